The first-order valence-corrected chi connectivity index (χ1v) is 8.34. The van der Waals surface area contributed by atoms with Crippen LogP contribution in [0.4, 0.5) is 4.39 Å². The van der Waals surface area contributed by atoms with Crippen LogP contribution in [-0.4, -0.2) is 26.6 Å². The van der Waals surface area contributed by atoms with Gasteiger partial charge in [-0.05, 0) is 14.0 Å². The molecule has 3 heteroatoms. The first kappa shape index (κ1) is 42.8. The van der Waals surface area contributed by atoms with Crippen LogP contribution in [0.2, 0.25) is 0 Å². The van der Waals surface area contributed by atoms with Gasteiger partial charge in [0.1, 0.15) is 6.67 Å². The van der Waals surface area contributed by atoms with E-state index >= 15 is 0 Å². The molecule has 0 unspecified atom stereocenters. The van der Waals surface area contributed by atoms with E-state index in [0.29, 0.717) is 6.67 Å². The van der Waals surface area contributed by atoms with Gasteiger partial charge in [0.2, 0.25) is 0 Å². The molecule has 0 saturated heterocycles. The molecule has 0 bridgehead atoms. The van der Waals surface area contributed by atoms with Gasteiger partial charge in [-0.1, -0.05) is 74.3 Å². The lowest BCUT2D eigenvalue weighted by Crippen LogP contribution is -2.04. The molecular weight excluding hydrogens is 275 g/mol. The Bertz CT molecular complexity index is 131. The highest BCUT2D eigenvalue weighted by Gasteiger charge is 1.67. The molecule has 0 heterocycles. The summed E-state index contributed by atoms with van der Waals surface area (Å²) in [6, 6.07) is 0. The number of terminal acetylenes is 1. The van der Waals surface area contributed by atoms with Crippen LogP contribution in [0.15, 0.2) is 17.6 Å². The molecule has 2 nitrogen and oxygen atoms in total. The Kier molecular flexibility index (Phi) is 292. The number of aliphatic imine (C=N–C) groups is 1. The van der Waals surface area contributed by atoms with Crippen LogP contribution in [0, 0.1) is 12.8 Å². The van der Waals surface area contributed by atoms with E-state index in [0.717, 1.165) is 0 Å². The molecule has 0 aromatic heterocycles. The van der Waals surface area contributed by atoms with E-state index in [1.807, 2.05) is 48.5 Å². The molecule has 0 spiro atoms. The summed E-state index contributed by atoms with van der Waals surface area (Å²) < 4.78 is 11.1. The van der Waals surface area contributed by atoms with E-state index < -0.39 is 6.67 Å². The molecule has 0 aromatic rings. The van der Waals surface area contributed by atoms with Crippen LogP contribution in [0.1, 0.15) is 75.2 Å². The second-order valence-corrected chi connectivity index (χ2v) is 2.44. The van der Waals surface area contributed by atoms with Gasteiger partial charge in [0, 0.05) is 6.21 Å². The van der Waals surface area contributed by atoms with E-state index in [-0.39, 0.29) is 0 Å². The SMILES string of the molecule is C#C.C=CC.CC.CC.CC.CCCC.CNC/N=C\CF. The zero-order chi connectivity index (χ0) is 19.7. The number of hydrogen-bond acceptors (Lipinski definition) is 2. The van der Waals surface area contributed by atoms with Gasteiger partial charge in [-0.3, -0.25) is 4.99 Å². The lowest BCUT2D eigenvalue weighted by molar-refractivity contribution is 0.586. The molecule has 0 aliphatic heterocycles. The number of allylic oxidation sites excluding steroid dienone is 1. The maximum Gasteiger partial charge on any atom is 0.124 e. The van der Waals surface area contributed by atoms with E-state index in [9.17, 15) is 4.39 Å². The number of alkyl halides is 1. The summed E-state index contributed by atoms with van der Waals surface area (Å²) in [5, 5.41) is 2.74. The summed E-state index contributed by atoms with van der Waals surface area (Å²) in [6.07, 6.45) is 13.6. The Balaban J connectivity index is -0.0000000262. The Morgan fingerprint density at radius 2 is 1.27 bits per heavy atom. The molecule has 0 atom stereocenters. The molecule has 0 aromatic carbocycles. The van der Waals surface area contributed by atoms with Crippen LogP contribution in [0.25, 0.3) is 0 Å². The molecule has 0 amide bonds. The van der Waals surface area contributed by atoms with Crippen molar-refractivity contribution >= 4 is 6.21 Å². The Morgan fingerprint density at radius 3 is 1.41 bits per heavy atom. The van der Waals surface area contributed by atoms with Gasteiger partial charge in [0.15, 0.2) is 0 Å². The van der Waals surface area contributed by atoms with Crippen molar-refractivity contribution in [3.8, 4) is 12.8 Å². The summed E-state index contributed by atoms with van der Waals surface area (Å²) >= 11 is 0. The van der Waals surface area contributed by atoms with Crippen LogP contribution >= 0.6 is 0 Å². The highest BCUT2D eigenvalue weighted by molar-refractivity contribution is 5.57. The number of nitrogens with zero attached hydrogens (tertiary/aromatic N) is 1. The molecule has 0 aliphatic rings. The predicted molar refractivity (Wildman–Crippen MR) is 109 cm³/mol. The van der Waals surface area contributed by atoms with Crippen LogP contribution in [0.3, 0.4) is 0 Å². The summed E-state index contributed by atoms with van der Waals surface area (Å²) in [5.41, 5.74) is 0. The minimum Gasteiger partial charge on any atom is -0.301 e. The Labute approximate surface area is 142 Å². The van der Waals surface area contributed by atoms with E-state index in [1.54, 1.807) is 13.1 Å². The van der Waals surface area contributed by atoms with Gasteiger partial charge in [-0.25, -0.2) is 4.39 Å². The number of halogens is 1. The molecule has 0 radical (unpaired) electrons. The van der Waals surface area contributed by atoms with Gasteiger partial charge < -0.3 is 5.32 Å². The molecule has 0 fully saturated rings. The van der Waals surface area contributed by atoms with Crippen molar-refractivity contribution in [3.05, 3.63) is 12.7 Å². The van der Waals surface area contributed by atoms with Crippen molar-refractivity contribution in [2.24, 2.45) is 4.99 Å². The molecule has 0 aliphatic carbocycles. The van der Waals surface area contributed by atoms with E-state index in [2.05, 4.69) is 43.6 Å². The number of unbranched alkanes of at least 4 members (excludes halogenated alkanes) is 1. The maximum absolute atomic E-state index is 11.1. The Hall–Kier alpha value is -1.14. The van der Waals surface area contributed by atoms with Crippen molar-refractivity contribution in [1.82, 2.24) is 5.32 Å². The van der Waals surface area contributed by atoms with Crippen LogP contribution in [-0.2, 0) is 0 Å². The molecule has 22 heavy (non-hydrogen) atoms. The summed E-state index contributed by atoms with van der Waals surface area (Å²) in [7, 11) is 1.76. The van der Waals surface area contributed by atoms with Gasteiger partial charge in [0.25, 0.3) is 0 Å². The monoisotopic (exact) mass is 320 g/mol. The number of hydrogen-bond donors (Lipinski definition) is 1. The second kappa shape index (κ2) is 150. The van der Waals surface area contributed by atoms with Gasteiger partial charge >= 0.3 is 0 Å². The van der Waals surface area contributed by atoms with Crippen molar-refractivity contribution in [2.75, 3.05) is 20.4 Å². The first-order chi connectivity index (χ1) is 10.7. The Morgan fingerprint density at radius 1 is 1.00 bits per heavy atom. The highest BCUT2D eigenvalue weighted by Crippen LogP contribution is 1.76. The zero-order valence-electron chi connectivity index (χ0n) is 17.2. The standard InChI is InChI=1S/C4H9FN2.C4H10.C3H6.3C2H6.C2H2/c1-6-4-7-3-2-5;1-3-4-2;1-3-2;4*1-2/h3,6H,2,4H2,1H3;3-4H2,1-2H3;3H,1H2,2H3;3*1-2H3;1-2H/b7-3-;;;;;;. The largest absolute Gasteiger partial charge is 0.301 e. The van der Waals surface area contributed by atoms with E-state index in [1.165, 1.54) is 19.1 Å². The van der Waals surface area contributed by atoms with Gasteiger partial charge in [-0.2, -0.15) is 0 Å². The fraction of sp³-hybridized carbons (Fsp3) is 0.737. The van der Waals surface area contributed by atoms with Gasteiger partial charge in [-0.15, -0.1) is 19.4 Å². The average molecular weight is 321 g/mol. The fourth-order valence-corrected chi connectivity index (χ4v) is 0.205. The van der Waals surface area contributed by atoms with Gasteiger partial charge in [0.05, 0.1) is 6.67 Å². The summed E-state index contributed by atoms with van der Waals surface area (Å²) in [4.78, 5) is 3.60. The smallest absolute Gasteiger partial charge is 0.124 e. The lowest BCUT2D eigenvalue weighted by Gasteiger charge is -1.83. The summed E-state index contributed by atoms with van der Waals surface area (Å²) in [6.45, 7) is 21.6. The third-order valence-corrected chi connectivity index (χ3v) is 0.948. The van der Waals surface area contributed by atoms with Crippen LogP contribution < -0.4 is 5.32 Å². The highest BCUT2D eigenvalue weighted by atomic mass is 19.1. The van der Waals surface area contributed by atoms with E-state index in [4.69, 9.17) is 0 Å². The number of rotatable bonds is 4. The quantitative estimate of drug-likeness (QED) is 0.355. The molecule has 138 valence electrons. The normalized spacial score (nSPS) is 6.23. The van der Waals surface area contributed by atoms with Crippen molar-refractivity contribution in [2.45, 2.75) is 75.2 Å². The van der Waals surface area contributed by atoms with Crippen LogP contribution in [0.5, 0.6) is 0 Å². The topological polar surface area (TPSA) is 24.4 Å². The fourth-order valence-electron chi connectivity index (χ4n) is 0.205. The average Bonchev–Trinajstić information content (AvgIpc) is 2.63. The minimum absolute atomic E-state index is 0.471. The first-order valence-electron chi connectivity index (χ1n) is 8.34. The predicted octanol–water partition coefficient (Wildman–Crippen LogP) is 6.53. The third kappa shape index (κ3) is 404. The maximum atomic E-state index is 11.1. The lowest BCUT2D eigenvalue weighted by atomic mass is 10.4. The second-order valence-electron chi connectivity index (χ2n) is 2.44. The third-order valence-electron chi connectivity index (χ3n) is 0.948. The minimum atomic E-state index is -0.471. The molecule has 0 rings (SSSR count). The molecule has 0 saturated carbocycles. The molecule has 1 N–H and O–H groups in total. The number of nitrogens with one attached hydrogen (secondary N) is 1. The zero-order valence-corrected chi connectivity index (χ0v) is 17.2. The molecular formula is C19H45FN2. The summed E-state index contributed by atoms with van der Waals surface area (Å²) in [5.74, 6) is 0. The van der Waals surface area contributed by atoms with Crippen molar-refractivity contribution in [3.63, 3.8) is 0 Å². The van der Waals surface area contributed by atoms with Crippen molar-refractivity contribution in [1.29, 1.82) is 0 Å². The van der Waals surface area contributed by atoms with Crippen molar-refractivity contribution < 1.29 is 4.39 Å².